The molecule has 0 bridgehead atoms. The SMILES string of the molecule is CBr.CC.CC.CC.O=C(CC(=O)c1ccccc1)NCc1ccccc1. The van der Waals surface area contributed by atoms with Gasteiger partial charge in [-0.25, -0.2) is 0 Å². The van der Waals surface area contributed by atoms with Crippen molar-refractivity contribution in [3.63, 3.8) is 0 Å². The van der Waals surface area contributed by atoms with Gasteiger partial charge in [-0.15, -0.1) is 0 Å². The normalized spacial score (nSPS) is 7.85. The van der Waals surface area contributed by atoms with Crippen molar-refractivity contribution in [3.8, 4) is 0 Å². The molecule has 2 aromatic carbocycles. The summed E-state index contributed by atoms with van der Waals surface area (Å²) in [5, 5.41) is 2.74. The van der Waals surface area contributed by atoms with Crippen LogP contribution in [0.5, 0.6) is 0 Å². The van der Waals surface area contributed by atoms with E-state index in [1.165, 1.54) is 0 Å². The average Bonchev–Trinajstić information content (AvgIpc) is 2.79. The molecule has 0 saturated heterocycles. The number of Topliss-reactive ketones (excluding diaryl/α,β-unsaturated/α-hetero) is 1. The highest BCUT2D eigenvalue weighted by Crippen LogP contribution is 2.03. The van der Waals surface area contributed by atoms with Crippen molar-refractivity contribution in [1.82, 2.24) is 5.32 Å². The van der Waals surface area contributed by atoms with Gasteiger partial charge >= 0.3 is 0 Å². The van der Waals surface area contributed by atoms with Crippen molar-refractivity contribution in [2.45, 2.75) is 54.5 Å². The Morgan fingerprint density at radius 2 is 1.15 bits per heavy atom. The maximum atomic E-state index is 11.8. The maximum Gasteiger partial charge on any atom is 0.228 e. The highest BCUT2D eigenvalue weighted by Gasteiger charge is 2.10. The van der Waals surface area contributed by atoms with Crippen molar-refractivity contribution >= 4 is 27.6 Å². The van der Waals surface area contributed by atoms with Gasteiger partial charge in [-0.1, -0.05) is 118 Å². The van der Waals surface area contributed by atoms with Crippen LogP contribution in [0.25, 0.3) is 0 Å². The number of ketones is 1. The lowest BCUT2D eigenvalue weighted by molar-refractivity contribution is -0.120. The number of hydrogen-bond acceptors (Lipinski definition) is 2. The summed E-state index contributed by atoms with van der Waals surface area (Å²) in [5.74, 6) is 1.40. The number of alkyl halides is 1. The Bertz CT molecular complexity index is 557. The highest BCUT2D eigenvalue weighted by molar-refractivity contribution is 9.08. The second kappa shape index (κ2) is 24.1. The highest BCUT2D eigenvalue weighted by atomic mass is 79.9. The van der Waals surface area contributed by atoms with Crippen LogP contribution in [0.3, 0.4) is 0 Å². The number of halogens is 1. The summed E-state index contributed by atoms with van der Waals surface area (Å²) in [6.45, 7) is 12.4. The van der Waals surface area contributed by atoms with Gasteiger partial charge in [0.25, 0.3) is 0 Å². The Balaban J connectivity index is -0.000000638. The quantitative estimate of drug-likeness (QED) is 0.322. The Labute approximate surface area is 174 Å². The molecular formula is C23H36BrNO2. The van der Waals surface area contributed by atoms with Gasteiger partial charge < -0.3 is 5.32 Å². The van der Waals surface area contributed by atoms with E-state index in [2.05, 4.69) is 21.2 Å². The number of rotatable bonds is 5. The molecule has 27 heavy (non-hydrogen) atoms. The number of hydrogen-bond donors (Lipinski definition) is 1. The van der Waals surface area contributed by atoms with Crippen LogP contribution in [0.1, 0.15) is 63.9 Å². The second-order valence-corrected chi connectivity index (χ2v) is 4.23. The van der Waals surface area contributed by atoms with Gasteiger partial charge in [0, 0.05) is 12.1 Å². The zero-order valence-corrected chi connectivity index (χ0v) is 19.5. The fraction of sp³-hybridized carbons (Fsp3) is 0.391. The van der Waals surface area contributed by atoms with Gasteiger partial charge in [-0.2, -0.15) is 0 Å². The molecule has 152 valence electrons. The maximum absolute atomic E-state index is 11.8. The molecule has 0 unspecified atom stereocenters. The molecule has 1 N–H and O–H groups in total. The Morgan fingerprint density at radius 1 is 0.741 bits per heavy atom. The predicted octanol–water partition coefficient (Wildman–Crippen LogP) is 6.67. The number of carbonyl (C=O) groups is 2. The molecule has 0 heterocycles. The van der Waals surface area contributed by atoms with Crippen molar-refractivity contribution in [2.75, 3.05) is 5.83 Å². The first-order chi connectivity index (χ1) is 13.3. The van der Waals surface area contributed by atoms with E-state index in [9.17, 15) is 9.59 Å². The standard InChI is InChI=1S/C16H15NO2.3C2H6.CH3Br/c18-15(14-9-5-2-6-10-14)11-16(19)17-12-13-7-3-1-4-8-13;4*1-2/h1-10H,11-12H2,(H,17,19);3*1-2H3;1H3. The van der Waals surface area contributed by atoms with E-state index in [0.29, 0.717) is 12.1 Å². The van der Waals surface area contributed by atoms with Gasteiger partial charge in [0.2, 0.25) is 5.91 Å². The summed E-state index contributed by atoms with van der Waals surface area (Å²) in [6.07, 6.45) is -0.114. The van der Waals surface area contributed by atoms with Gasteiger partial charge in [0.15, 0.2) is 5.78 Å². The topological polar surface area (TPSA) is 46.2 Å². The fourth-order valence-electron chi connectivity index (χ4n) is 1.73. The molecule has 2 rings (SSSR count). The molecule has 0 aliphatic rings. The van der Waals surface area contributed by atoms with Crippen LogP contribution >= 0.6 is 15.9 Å². The summed E-state index contributed by atoms with van der Waals surface area (Å²) in [7, 11) is 0. The van der Waals surface area contributed by atoms with E-state index in [4.69, 9.17) is 0 Å². The fourth-order valence-corrected chi connectivity index (χ4v) is 1.73. The number of amides is 1. The predicted molar refractivity (Wildman–Crippen MR) is 123 cm³/mol. The molecule has 0 atom stereocenters. The minimum Gasteiger partial charge on any atom is -0.352 e. The smallest absolute Gasteiger partial charge is 0.228 e. The summed E-state index contributed by atoms with van der Waals surface area (Å²) in [4.78, 5) is 23.5. The van der Waals surface area contributed by atoms with Gasteiger partial charge in [-0.3, -0.25) is 9.59 Å². The van der Waals surface area contributed by atoms with Gasteiger partial charge in [-0.05, 0) is 11.4 Å². The lowest BCUT2D eigenvalue weighted by Crippen LogP contribution is -2.25. The number of benzene rings is 2. The van der Waals surface area contributed by atoms with E-state index >= 15 is 0 Å². The number of nitrogens with one attached hydrogen (secondary N) is 1. The molecule has 0 aliphatic carbocycles. The van der Waals surface area contributed by atoms with Gasteiger partial charge in [0.05, 0.1) is 6.42 Å². The average molecular weight is 438 g/mol. The van der Waals surface area contributed by atoms with Crippen LogP contribution in [-0.4, -0.2) is 17.5 Å². The van der Waals surface area contributed by atoms with Crippen LogP contribution in [0.15, 0.2) is 60.7 Å². The zero-order valence-electron chi connectivity index (χ0n) is 17.9. The largest absolute Gasteiger partial charge is 0.352 e. The molecular weight excluding hydrogens is 402 g/mol. The molecule has 3 nitrogen and oxygen atoms in total. The Kier molecular flexibility index (Phi) is 26.6. The third-order valence-corrected chi connectivity index (χ3v) is 2.75. The van der Waals surface area contributed by atoms with Crippen molar-refractivity contribution in [1.29, 1.82) is 0 Å². The molecule has 0 aliphatic heterocycles. The zero-order chi connectivity index (χ0) is 21.5. The van der Waals surface area contributed by atoms with E-state index in [0.717, 1.165) is 5.56 Å². The summed E-state index contributed by atoms with van der Waals surface area (Å²) in [5.41, 5.74) is 1.58. The van der Waals surface area contributed by atoms with E-state index < -0.39 is 0 Å². The van der Waals surface area contributed by atoms with E-state index in [-0.39, 0.29) is 18.1 Å². The van der Waals surface area contributed by atoms with Crippen molar-refractivity contribution in [3.05, 3.63) is 71.8 Å². The Morgan fingerprint density at radius 3 is 1.59 bits per heavy atom. The molecule has 0 radical (unpaired) electrons. The Hall–Kier alpha value is -1.94. The van der Waals surface area contributed by atoms with Crippen LogP contribution in [0.2, 0.25) is 0 Å². The number of carbonyl (C=O) groups excluding carboxylic acids is 2. The first kappa shape index (κ1) is 29.8. The van der Waals surface area contributed by atoms with E-state index in [1.807, 2.05) is 83.8 Å². The molecule has 0 aromatic heterocycles. The molecule has 0 spiro atoms. The second-order valence-electron chi connectivity index (χ2n) is 4.23. The summed E-state index contributed by atoms with van der Waals surface area (Å²) >= 11 is 2.94. The first-order valence-electron chi connectivity index (χ1n) is 9.52. The molecule has 2 aromatic rings. The van der Waals surface area contributed by atoms with Gasteiger partial charge in [0.1, 0.15) is 0 Å². The summed E-state index contributed by atoms with van der Waals surface area (Å²) < 4.78 is 0. The first-order valence-corrected chi connectivity index (χ1v) is 11.1. The van der Waals surface area contributed by atoms with Crippen LogP contribution in [0.4, 0.5) is 0 Å². The van der Waals surface area contributed by atoms with Crippen LogP contribution in [0, 0.1) is 0 Å². The summed E-state index contributed by atoms with van der Waals surface area (Å²) in [6, 6.07) is 18.5. The monoisotopic (exact) mass is 437 g/mol. The van der Waals surface area contributed by atoms with Crippen molar-refractivity contribution in [2.24, 2.45) is 0 Å². The third-order valence-electron chi connectivity index (χ3n) is 2.75. The van der Waals surface area contributed by atoms with E-state index in [1.54, 1.807) is 24.3 Å². The molecule has 0 fully saturated rings. The van der Waals surface area contributed by atoms with Crippen LogP contribution < -0.4 is 5.32 Å². The molecule has 1 amide bonds. The third kappa shape index (κ3) is 16.0. The lowest BCUT2D eigenvalue weighted by Gasteiger charge is -2.05. The molecule has 4 heteroatoms. The lowest BCUT2D eigenvalue weighted by atomic mass is 10.1. The minimum absolute atomic E-state index is 0.114. The minimum atomic E-state index is -0.252. The van der Waals surface area contributed by atoms with Crippen molar-refractivity contribution < 1.29 is 9.59 Å². The van der Waals surface area contributed by atoms with Crippen LogP contribution in [-0.2, 0) is 11.3 Å². The molecule has 0 saturated carbocycles.